The fourth-order valence-corrected chi connectivity index (χ4v) is 4.39. The lowest BCUT2D eigenvalue weighted by Crippen LogP contribution is -2.43. The van der Waals surface area contributed by atoms with E-state index in [0.29, 0.717) is 63.5 Å². The van der Waals surface area contributed by atoms with Gasteiger partial charge < -0.3 is 15.1 Å². The molecule has 3 heterocycles. The highest BCUT2D eigenvalue weighted by Gasteiger charge is 2.31. The Morgan fingerprint density at radius 2 is 1.84 bits per heavy atom. The smallest absolute Gasteiger partial charge is 0.274 e. The topological polar surface area (TPSA) is 87.5 Å². The maximum absolute atomic E-state index is 13.2. The molecular formula is C24H31N5O3. The number of aromatic nitrogens is 2. The molecule has 0 bridgehead atoms. The number of piperidine rings is 1. The summed E-state index contributed by atoms with van der Waals surface area (Å²) in [6, 6.07) is 11.5. The molecule has 3 amide bonds. The lowest BCUT2D eigenvalue weighted by atomic mass is 9.95. The number of amides is 3. The van der Waals surface area contributed by atoms with Crippen molar-refractivity contribution in [1.29, 1.82) is 0 Å². The number of hydrogen-bond donors (Lipinski definition) is 1. The fourth-order valence-electron chi connectivity index (χ4n) is 4.39. The van der Waals surface area contributed by atoms with E-state index in [1.54, 1.807) is 15.6 Å². The zero-order valence-corrected chi connectivity index (χ0v) is 18.6. The van der Waals surface area contributed by atoms with Gasteiger partial charge in [0.05, 0.1) is 0 Å². The number of carbonyl (C=O) groups excluding carboxylic acids is 3. The molecule has 2 aliphatic heterocycles. The van der Waals surface area contributed by atoms with Gasteiger partial charge in [0.25, 0.3) is 11.8 Å². The largest absolute Gasteiger partial charge is 0.356 e. The first-order valence-electron chi connectivity index (χ1n) is 11.5. The molecule has 2 aromatic rings. The van der Waals surface area contributed by atoms with E-state index in [1.165, 1.54) is 0 Å². The highest BCUT2D eigenvalue weighted by atomic mass is 16.2. The first kappa shape index (κ1) is 22.0. The number of fused-ring (bicyclic) bond motifs is 1. The van der Waals surface area contributed by atoms with Crippen molar-refractivity contribution >= 4 is 17.7 Å². The Bertz CT molecular complexity index is 963. The third-order valence-electron chi connectivity index (χ3n) is 6.22. The van der Waals surface area contributed by atoms with E-state index in [9.17, 15) is 14.4 Å². The van der Waals surface area contributed by atoms with Crippen LogP contribution in [0.1, 0.15) is 59.1 Å². The molecule has 0 aliphatic carbocycles. The van der Waals surface area contributed by atoms with Crippen LogP contribution in [0.4, 0.5) is 0 Å². The van der Waals surface area contributed by atoms with Crippen LogP contribution in [-0.2, 0) is 17.9 Å². The predicted octanol–water partition coefficient (Wildman–Crippen LogP) is 2.31. The third-order valence-corrected chi connectivity index (χ3v) is 6.22. The van der Waals surface area contributed by atoms with Crippen molar-refractivity contribution in [3.05, 3.63) is 53.3 Å². The van der Waals surface area contributed by atoms with E-state index in [-0.39, 0.29) is 23.6 Å². The van der Waals surface area contributed by atoms with Gasteiger partial charge >= 0.3 is 0 Å². The summed E-state index contributed by atoms with van der Waals surface area (Å²) in [6.07, 6.45) is 3.01. The Morgan fingerprint density at radius 1 is 1.09 bits per heavy atom. The first-order chi connectivity index (χ1) is 15.6. The van der Waals surface area contributed by atoms with Gasteiger partial charge in [-0.2, -0.15) is 5.10 Å². The van der Waals surface area contributed by atoms with Gasteiger partial charge in [-0.1, -0.05) is 37.3 Å². The number of likely N-dealkylation sites (tertiary alicyclic amines) is 1. The van der Waals surface area contributed by atoms with E-state index in [4.69, 9.17) is 0 Å². The Labute approximate surface area is 188 Å². The van der Waals surface area contributed by atoms with Gasteiger partial charge in [-0.3, -0.25) is 19.1 Å². The van der Waals surface area contributed by atoms with Crippen LogP contribution in [0.15, 0.2) is 36.4 Å². The summed E-state index contributed by atoms with van der Waals surface area (Å²) < 4.78 is 1.67. The molecule has 0 unspecified atom stereocenters. The second-order valence-corrected chi connectivity index (χ2v) is 8.56. The van der Waals surface area contributed by atoms with Crippen molar-refractivity contribution < 1.29 is 14.4 Å². The zero-order chi connectivity index (χ0) is 22.5. The van der Waals surface area contributed by atoms with Crippen LogP contribution < -0.4 is 5.32 Å². The fraction of sp³-hybridized carbons (Fsp3) is 0.500. The third kappa shape index (κ3) is 4.84. The van der Waals surface area contributed by atoms with Crippen molar-refractivity contribution in [1.82, 2.24) is 24.9 Å². The molecule has 0 radical (unpaired) electrons. The molecule has 4 rings (SSSR count). The van der Waals surface area contributed by atoms with Crippen LogP contribution in [-0.4, -0.2) is 63.5 Å². The molecule has 1 N–H and O–H groups in total. The van der Waals surface area contributed by atoms with Crippen LogP contribution in [0.5, 0.6) is 0 Å². The van der Waals surface area contributed by atoms with Gasteiger partial charge in [0.15, 0.2) is 5.69 Å². The summed E-state index contributed by atoms with van der Waals surface area (Å²) in [5.74, 6) is -0.223. The van der Waals surface area contributed by atoms with Gasteiger partial charge in [0.2, 0.25) is 5.91 Å². The number of aryl methyl sites for hydroxylation is 1. The average Bonchev–Trinajstić information content (AvgIpc) is 3.20. The van der Waals surface area contributed by atoms with E-state index in [0.717, 1.165) is 18.4 Å². The van der Waals surface area contributed by atoms with Crippen molar-refractivity contribution in [2.24, 2.45) is 5.92 Å². The second-order valence-electron chi connectivity index (χ2n) is 8.56. The standard InChI is InChI=1S/C24H31N5O3/c1-2-11-25-22(30)19-9-14-27(15-10-19)23(31)20-16-21-24(32)28(12-6-13-29(21)26-20)17-18-7-4-3-5-8-18/h3-5,7-8,16,19H,2,6,9-15,17H2,1H3,(H,25,30). The molecule has 8 nitrogen and oxygen atoms in total. The van der Waals surface area contributed by atoms with Crippen LogP contribution in [0.25, 0.3) is 0 Å². The monoisotopic (exact) mass is 437 g/mol. The molecule has 1 saturated heterocycles. The number of nitrogens with zero attached hydrogens (tertiary/aromatic N) is 4. The van der Waals surface area contributed by atoms with Crippen molar-refractivity contribution in [3.8, 4) is 0 Å². The Hall–Kier alpha value is -3.16. The van der Waals surface area contributed by atoms with Crippen LogP contribution >= 0.6 is 0 Å². The summed E-state index contributed by atoms with van der Waals surface area (Å²) in [5, 5.41) is 7.41. The molecule has 2 aliphatic rings. The van der Waals surface area contributed by atoms with E-state index >= 15 is 0 Å². The quantitative estimate of drug-likeness (QED) is 0.751. The summed E-state index contributed by atoms with van der Waals surface area (Å²) in [6.45, 7) is 5.58. The molecule has 8 heteroatoms. The highest BCUT2D eigenvalue weighted by molar-refractivity contribution is 5.98. The lowest BCUT2D eigenvalue weighted by Gasteiger charge is -2.30. The van der Waals surface area contributed by atoms with Crippen LogP contribution in [0.2, 0.25) is 0 Å². The van der Waals surface area contributed by atoms with Crippen molar-refractivity contribution in [2.75, 3.05) is 26.2 Å². The Morgan fingerprint density at radius 3 is 2.56 bits per heavy atom. The predicted molar refractivity (Wildman–Crippen MR) is 120 cm³/mol. The van der Waals surface area contributed by atoms with Gasteiger partial charge in [0.1, 0.15) is 5.69 Å². The minimum atomic E-state index is -0.166. The summed E-state index contributed by atoms with van der Waals surface area (Å²) in [5.41, 5.74) is 1.86. The van der Waals surface area contributed by atoms with Gasteiger partial charge in [0, 0.05) is 51.3 Å². The molecule has 1 fully saturated rings. The SMILES string of the molecule is CCCNC(=O)C1CCN(C(=O)c2cc3n(n2)CCCN(Cc2ccccc2)C3=O)CC1. The molecule has 1 aromatic heterocycles. The van der Waals surface area contributed by atoms with Crippen molar-refractivity contribution in [2.45, 2.75) is 45.7 Å². The second kappa shape index (κ2) is 9.97. The molecule has 0 atom stereocenters. The van der Waals surface area contributed by atoms with Crippen LogP contribution in [0.3, 0.4) is 0 Å². The number of hydrogen-bond acceptors (Lipinski definition) is 4. The highest BCUT2D eigenvalue weighted by Crippen LogP contribution is 2.21. The number of carbonyl (C=O) groups is 3. The molecule has 170 valence electrons. The molecule has 32 heavy (non-hydrogen) atoms. The molecule has 0 spiro atoms. The van der Waals surface area contributed by atoms with Crippen molar-refractivity contribution in [3.63, 3.8) is 0 Å². The number of rotatable bonds is 6. The molecule has 1 aromatic carbocycles. The lowest BCUT2D eigenvalue weighted by molar-refractivity contribution is -0.126. The maximum atomic E-state index is 13.2. The Balaban J connectivity index is 1.41. The molecular weight excluding hydrogens is 406 g/mol. The first-order valence-corrected chi connectivity index (χ1v) is 11.5. The van der Waals surface area contributed by atoms with Gasteiger partial charge in [-0.05, 0) is 31.2 Å². The minimum Gasteiger partial charge on any atom is -0.356 e. The van der Waals surface area contributed by atoms with Gasteiger partial charge in [-0.15, -0.1) is 0 Å². The summed E-state index contributed by atoms with van der Waals surface area (Å²) in [7, 11) is 0. The summed E-state index contributed by atoms with van der Waals surface area (Å²) >= 11 is 0. The summed E-state index contributed by atoms with van der Waals surface area (Å²) in [4.78, 5) is 42.0. The maximum Gasteiger partial charge on any atom is 0.274 e. The van der Waals surface area contributed by atoms with Gasteiger partial charge in [-0.25, -0.2) is 0 Å². The van der Waals surface area contributed by atoms with E-state index < -0.39 is 0 Å². The number of benzene rings is 1. The normalized spacial score (nSPS) is 17.1. The van der Waals surface area contributed by atoms with E-state index in [1.807, 2.05) is 42.2 Å². The Kier molecular flexibility index (Phi) is 6.87. The zero-order valence-electron chi connectivity index (χ0n) is 18.6. The molecule has 0 saturated carbocycles. The minimum absolute atomic E-state index is 0.0440. The van der Waals surface area contributed by atoms with E-state index in [2.05, 4.69) is 10.4 Å². The van der Waals surface area contributed by atoms with Crippen LogP contribution in [0, 0.1) is 5.92 Å². The number of nitrogens with one attached hydrogen (secondary N) is 1. The average molecular weight is 438 g/mol.